The van der Waals surface area contributed by atoms with Gasteiger partial charge in [-0.05, 0) is 61.6 Å². The molecule has 33 heavy (non-hydrogen) atoms. The Labute approximate surface area is 193 Å². The van der Waals surface area contributed by atoms with Gasteiger partial charge in [0.15, 0.2) is 0 Å². The van der Waals surface area contributed by atoms with E-state index in [2.05, 4.69) is 16.0 Å². The molecule has 2 atom stereocenters. The second-order valence-electron chi connectivity index (χ2n) is 8.06. The Balaban J connectivity index is 1.43. The Hall–Kier alpha value is -3.20. The predicted octanol–water partition coefficient (Wildman–Crippen LogP) is 4.25. The number of fused-ring (bicyclic) bond motifs is 1. The number of benzene rings is 2. The number of anilines is 1. The van der Waals surface area contributed by atoms with E-state index in [1.54, 1.807) is 0 Å². The molecule has 10 heteroatoms. The summed E-state index contributed by atoms with van der Waals surface area (Å²) in [4.78, 5) is 36.5. The number of halogens is 3. The second-order valence-corrected chi connectivity index (χ2v) is 8.47. The molecule has 2 aromatic rings. The van der Waals surface area contributed by atoms with E-state index in [9.17, 15) is 23.2 Å². The van der Waals surface area contributed by atoms with Gasteiger partial charge in [-0.15, -0.1) is 0 Å². The minimum absolute atomic E-state index is 0.0301. The van der Waals surface area contributed by atoms with E-state index in [-0.39, 0.29) is 34.7 Å². The molecule has 0 unspecified atom stereocenters. The Bertz CT molecular complexity index is 1110. The summed E-state index contributed by atoms with van der Waals surface area (Å²) >= 11 is 5.76. The van der Waals surface area contributed by atoms with Crippen LogP contribution in [-0.4, -0.2) is 30.6 Å². The quantitative estimate of drug-likeness (QED) is 0.599. The van der Waals surface area contributed by atoms with Crippen LogP contribution in [0.15, 0.2) is 30.3 Å². The van der Waals surface area contributed by atoms with E-state index < -0.39 is 29.7 Å². The minimum atomic E-state index is -0.720. The third-order valence-electron chi connectivity index (χ3n) is 5.79. The average molecular weight is 478 g/mol. The van der Waals surface area contributed by atoms with Gasteiger partial charge in [-0.2, -0.15) is 0 Å². The van der Waals surface area contributed by atoms with Crippen LogP contribution in [-0.2, 0) is 16.0 Å². The van der Waals surface area contributed by atoms with Crippen LogP contribution in [0.3, 0.4) is 0 Å². The van der Waals surface area contributed by atoms with Crippen molar-refractivity contribution >= 4 is 35.2 Å². The molecular weight excluding hydrogens is 456 g/mol. The zero-order valence-corrected chi connectivity index (χ0v) is 18.3. The van der Waals surface area contributed by atoms with Crippen molar-refractivity contribution in [2.24, 2.45) is 0 Å². The minimum Gasteiger partial charge on any atom is -0.447 e. The third-order valence-corrected chi connectivity index (χ3v) is 6.08. The Kier molecular flexibility index (Phi) is 6.78. The fraction of sp³-hybridized carbons (Fsp3) is 0.348. The lowest BCUT2D eigenvalue weighted by molar-refractivity contribution is -0.123. The highest BCUT2D eigenvalue weighted by atomic mass is 35.5. The average Bonchev–Trinajstić information content (AvgIpc) is 3.19. The van der Waals surface area contributed by atoms with Gasteiger partial charge < -0.3 is 20.7 Å². The van der Waals surface area contributed by atoms with Gasteiger partial charge in [0.25, 0.3) is 5.91 Å². The van der Waals surface area contributed by atoms with E-state index in [1.807, 2.05) is 0 Å². The molecule has 1 heterocycles. The first-order valence-electron chi connectivity index (χ1n) is 10.6. The van der Waals surface area contributed by atoms with Crippen molar-refractivity contribution in [1.82, 2.24) is 10.6 Å². The van der Waals surface area contributed by atoms with Crippen LogP contribution in [0, 0.1) is 11.6 Å². The number of rotatable bonds is 5. The molecule has 1 aliphatic carbocycles. The number of hydrogen-bond donors (Lipinski definition) is 3. The highest BCUT2D eigenvalue weighted by Crippen LogP contribution is 2.36. The van der Waals surface area contributed by atoms with Crippen LogP contribution in [0.5, 0.6) is 0 Å². The first kappa shape index (κ1) is 23.0. The molecule has 1 fully saturated rings. The van der Waals surface area contributed by atoms with Crippen LogP contribution in [0.4, 0.5) is 19.3 Å². The maximum atomic E-state index is 14.6. The van der Waals surface area contributed by atoms with E-state index >= 15 is 0 Å². The number of alkyl carbamates (subject to hydrolysis) is 1. The molecule has 1 aliphatic heterocycles. The summed E-state index contributed by atoms with van der Waals surface area (Å²) < 4.78 is 33.2. The lowest BCUT2D eigenvalue weighted by Crippen LogP contribution is -2.43. The fourth-order valence-electron chi connectivity index (χ4n) is 4.21. The van der Waals surface area contributed by atoms with Crippen LogP contribution in [0.25, 0.3) is 0 Å². The van der Waals surface area contributed by atoms with Gasteiger partial charge in [0.2, 0.25) is 5.91 Å². The number of amides is 3. The number of carbonyl (C=O) groups is 3. The molecule has 7 nitrogen and oxygen atoms in total. The van der Waals surface area contributed by atoms with Crippen molar-refractivity contribution in [3.63, 3.8) is 0 Å². The summed E-state index contributed by atoms with van der Waals surface area (Å²) in [5.41, 5.74) is 1.29. The van der Waals surface area contributed by atoms with Crippen molar-refractivity contribution in [3.05, 3.63) is 63.7 Å². The molecule has 0 saturated carbocycles. The molecule has 0 bridgehead atoms. The van der Waals surface area contributed by atoms with Crippen LogP contribution >= 0.6 is 11.6 Å². The summed E-state index contributed by atoms with van der Waals surface area (Å²) in [7, 11) is 0. The van der Waals surface area contributed by atoms with Gasteiger partial charge in [0.05, 0.1) is 17.1 Å². The molecular formula is C23H22ClF2N3O4. The van der Waals surface area contributed by atoms with Crippen LogP contribution < -0.4 is 16.0 Å². The maximum Gasteiger partial charge on any atom is 0.407 e. The fourth-order valence-corrected chi connectivity index (χ4v) is 4.39. The Morgan fingerprint density at radius 3 is 2.67 bits per heavy atom. The van der Waals surface area contributed by atoms with Crippen molar-refractivity contribution in [2.75, 3.05) is 11.9 Å². The van der Waals surface area contributed by atoms with E-state index in [1.165, 1.54) is 24.3 Å². The summed E-state index contributed by atoms with van der Waals surface area (Å²) in [6.07, 6.45) is 1.97. The van der Waals surface area contributed by atoms with Crippen molar-refractivity contribution in [1.29, 1.82) is 0 Å². The zero-order valence-electron chi connectivity index (χ0n) is 17.6. The Morgan fingerprint density at radius 1 is 1.12 bits per heavy atom. The van der Waals surface area contributed by atoms with Gasteiger partial charge in [0, 0.05) is 23.2 Å². The lowest BCUT2D eigenvalue weighted by Gasteiger charge is -2.23. The zero-order chi connectivity index (χ0) is 23.5. The molecule has 3 N–H and O–H groups in total. The number of nitrogens with one attached hydrogen (secondary N) is 3. The normalized spacial score (nSPS) is 19.4. The molecule has 174 valence electrons. The van der Waals surface area contributed by atoms with Crippen molar-refractivity contribution in [3.8, 4) is 0 Å². The summed E-state index contributed by atoms with van der Waals surface area (Å²) in [6.45, 7) is 0.0301. The number of piperidine rings is 1. The Morgan fingerprint density at radius 2 is 1.91 bits per heavy atom. The van der Waals surface area contributed by atoms with Gasteiger partial charge in [0.1, 0.15) is 18.2 Å². The molecule has 4 rings (SSSR count). The third kappa shape index (κ3) is 5.24. The van der Waals surface area contributed by atoms with Crippen molar-refractivity contribution < 1.29 is 27.9 Å². The monoisotopic (exact) mass is 477 g/mol. The summed E-state index contributed by atoms with van der Waals surface area (Å²) in [5, 5.41) is 7.91. The topological polar surface area (TPSA) is 96.5 Å². The first-order chi connectivity index (χ1) is 15.8. The smallest absolute Gasteiger partial charge is 0.407 e. The molecule has 0 aromatic heterocycles. The highest BCUT2D eigenvalue weighted by molar-refractivity contribution is 6.31. The number of ether oxygens (including phenoxy) is 1. The number of carbonyl (C=O) groups excluding carboxylic acids is 3. The van der Waals surface area contributed by atoms with Gasteiger partial charge >= 0.3 is 6.09 Å². The molecule has 1 saturated heterocycles. The second kappa shape index (κ2) is 9.74. The largest absolute Gasteiger partial charge is 0.447 e. The van der Waals surface area contributed by atoms with Gasteiger partial charge in [-0.1, -0.05) is 11.6 Å². The maximum absolute atomic E-state index is 14.6. The first-order valence-corrected chi connectivity index (χ1v) is 11.0. The van der Waals surface area contributed by atoms with Gasteiger partial charge in [-0.3, -0.25) is 9.59 Å². The SMILES string of the molecule is O=C1CCC[C@H](COC(=O)N[C@H]2CCc3c(C(=O)Nc4ccc(F)c(Cl)c4)ccc(F)c32)N1. The molecule has 0 spiro atoms. The predicted molar refractivity (Wildman–Crippen MR) is 117 cm³/mol. The lowest BCUT2D eigenvalue weighted by atomic mass is 10.0. The molecule has 2 aromatic carbocycles. The van der Waals surface area contributed by atoms with E-state index in [0.29, 0.717) is 30.5 Å². The molecule has 0 radical (unpaired) electrons. The van der Waals surface area contributed by atoms with Crippen molar-refractivity contribution in [2.45, 2.75) is 44.2 Å². The van der Waals surface area contributed by atoms with Crippen LogP contribution in [0.1, 0.15) is 53.2 Å². The van der Waals surface area contributed by atoms with Gasteiger partial charge in [-0.25, -0.2) is 13.6 Å². The summed E-state index contributed by atoms with van der Waals surface area (Å²) in [5.74, 6) is -1.71. The molecule has 2 aliphatic rings. The molecule has 3 amide bonds. The van der Waals surface area contributed by atoms with E-state index in [4.69, 9.17) is 16.3 Å². The highest BCUT2D eigenvalue weighted by Gasteiger charge is 2.31. The standard InChI is InChI=1S/C23H22ClF2N3O4/c24-16-10-12(4-7-17(16)25)28-22(31)15-5-8-18(26)21-14(15)6-9-19(21)29-23(32)33-11-13-2-1-3-20(30)27-13/h4-5,7-8,10,13,19H,1-3,6,9,11H2,(H,27,30)(H,28,31)(H,29,32)/t13-,19+/m1/s1. The summed E-state index contributed by atoms with van der Waals surface area (Å²) in [6, 6.07) is 5.46. The van der Waals surface area contributed by atoms with E-state index in [0.717, 1.165) is 18.9 Å². The van der Waals surface area contributed by atoms with Crippen LogP contribution in [0.2, 0.25) is 5.02 Å². The number of hydrogen-bond acceptors (Lipinski definition) is 4.